The van der Waals surface area contributed by atoms with E-state index in [-0.39, 0.29) is 0 Å². The van der Waals surface area contributed by atoms with E-state index in [1.807, 2.05) is 25.1 Å². The lowest BCUT2D eigenvalue weighted by molar-refractivity contribution is 1.38. The van der Waals surface area contributed by atoms with Gasteiger partial charge in [0.05, 0.1) is 0 Å². The fourth-order valence-corrected chi connectivity index (χ4v) is 1.93. The molecule has 1 nitrogen and oxygen atoms in total. The molecule has 0 aliphatic carbocycles. The minimum atomic E-state index is 0.841. The molecule has 0 amide bonds. The van der Waals surface area contributed by atoms with Gasteiger partial charge in [-0.05, 0) is 24.6 Å². The Labute approximate surface area is 88.0 Å². The molecular formula is C10H12ClNS. The molecule has 1 aromatic rings. The van der Waals surface area contributed by atoms with Crippen LogP contribution < -0.4 is 5.73 Å². The highest BCUT2D eigenvalue weighted by atomic mass is 35.5. The molecule has 0 atom stereocenters. The Balaban J connectivity index is 2.66. The Bertz CT molecular complexity index is 310. The molecule has 2 N–H and O–H groups in total. The summed E-state index contributed by atoms with van der Waals surface area (Å²) in [6.45, 7) is 2.03. The molecule has 0 saturated carbocycles. The second-order valence-corrected chi connectivity index (χ2v) is 4.03. The van der Waals surface area contributed by atoms with Crippen LogP contribution in [0.5, 0.6) is 0 Å². The van der Waals surface area contributed by atoms with Crippen LogP contribution in [0.4, 0.5) is 5.69 Å². The van der Waals surface area contributed by atoms with Crippen LogP contribution in [-0.2, 0) is 0 Å². The molecule has 3 heteroatoms. The predicted molar refractivity (Wildman–Crippen MR) is 61.3 cm³/mol. The highest BCUT2D eigenvalue weighted by molar-refractivity contribution is 7.99. The Morgan fingerprint density at radius 3 is 2.92 bits per heavy atom. The van der Waals surface area contributed by atoms with E-state index in [0.717, 1.165) is 16.3 Å². The number of nitrogens with two attached hydrogens (primary N) is 1. The zero-order chi connectivity index (χ0) is 9.68. The van der Waals surface area contributed by atoms with Crippen LogP contribution in [-0.4, -0.2) is 5.75 Å². The first-order valence-electron chi connectivity index (χ1n) is 3.98. The molecule has 0 aromatic heterocycles. The summed E-state index contributed by atoms with van der Waals surface area (Å²) in [6.07, 6.45) is 1.89. The summed E-state index contributed by atoms with van der Waals surface area (Å²) in [4.78, 5) is 1.11. The number of rotatable bonds is 3. The van der Waals surface area contributed by atoms with Crippen LogP contribution in [0.15, 0.2) is 34.7 Å². The Morgan fingerprint density at radius 1 is 1.54 bits per heavy atom. The molecule has 13 heavy (non-hydrogen) atoms. The third-order valence-electron chi connectivity index (χ3n) is 1.59. The van der Waals surface area contributed by atoms with Crippen molar-refractivity contribution in [1.82, 2.24) is 0 Å². The van der Waals surface area contributed by atoms with Crippen molar-refractivity contribution < 1.29 is 0 Å². The molecule has 0 heterocycles. The van der Waals surface area contributed by atoms with E-state index in [9.17, 15) is 0 Å². The van der Waals surface area contributed by atoms with E-state index in [4.69, 9.17) is 17.3 Å². The number of nitrogen functional groups attached to an aromatic ring is 1. The molecule has 0 aliphatic rings. The highest BCUT2D eigenvalue weighted by Crippen LogP contribution is 2.25. The van der Waals surface area contributed by atoms with Gasteiger partial charge in [-0.2, -0.15) is 0 Å². The molecule has 0 bridgehead atoms. The molecule has 0 radical (unpaired) electrons. The van der Waals surface area contributed by atoms with E-state index in [2.05, 4.69) is 6.07 Å². The normalized spacial score (nSPS) is 10.9. The maximum Gasteiger partial charge on any atom is 0.0454 e. The lowest BCUT2D eigenvalue weighted by atomic mass is 10.2. The van der Waals surface area contributed by atoms with Crippen LogP contribution in [0.1, 0.15) is 5.56 Å². The molecule has 0 fully saturated rings. The third kappa shape index (κ3) is 3.33. The first-order chi connectivity index (χ1) is 6.24. The number of thioether (sulfide) groups is 1. The van der Waals surface area contributed by atoms with Gasteiger partial charge in [-0.1, -0.05) is 23.7 Å². The molecular weight excluding hydrogens is 202 g/mol. The van der Waals surface area contributed by atoms with Crippen molar-refractivity contribution in [2.45, 2.75) is 11.8 Å². The smallest absolute Gasteiger partial charge is 0.0454 e. The molecule has 70 valence electrons. The molecule has 1 aromatic carbocycles. The standard InChI is InChI=1S/C10H12ClNS/c1-8-3-4-10(9(12)7-8)13-6-2-5-11/h2-5,7H,6,12H2,1H3/b5-2+. The van der Waals surface area contributed by atoms with Gasteiger partial charge in [0.15, 0.2) is 0 Å². The SMILES string of the molecule is Cc1ccc(SC/C=C/Cl)c(N)c1. The van der Waals surface area contributed by atoms with Gasteiger partial charge in [-0.25, -0.2) is 0 Å². The predicted octanol–water partition coefficient (Wildman–Crippen LogP) is 3.42. The van der Waals surface area contributed by atoms with E-state index < -0.39 is 0 Å². The number of halogens is 1. The highest BCUT2D eigenvalue weighted by Gasteiger charge is 1.97. The fraction of sp³-hybridized carbons (Fsp3) is 0.200. The number of anilines is 1. The van der Waals surface area contributed by atoms with Gasteiger partial charge < -0.3 is 5.73 Å². The van der Waals surface area contributed by atoms with Gasteiger partial charge in [-0.3, -0.25) is 0 Å². The quantitative estimate of drug-likeness (QED) is 0.615. The van der Waals surface area contributed by atoms with Gasteiger partial charge in [0.2, 0.25) is 0 Å². The van der Waals surface area contributed by atoms with Crippen molar-refractivity contribution in [3.8, 4) is 0 Å². The molecule has 1 rings (SSSR count). The average molecular weight is 214 g/mol. The van der Waals surface area contributed by atoms with Crippen molar-refractivity contribution >= 4 is 29.1 Å². The largest absolute Gasteiger partial charge is 0.398 e. The number of benzene rings is 1. The monoisotopic (exact) mass is 213 g/mol. The molecule has 0 unspecified atom stereocenters. The third-order valence-corrected chi connectivity index (χ3v) is 2.81. The molecule has 0 spiro atoms. The Hall–Kier alpha value is -0.600. The Kier molecular flexibility index (Phi) is 4.19. The lowest BCUT2D eigenvalue weighted by Crippen LogP contribution is -1.89. The minimum absolute atomic E-state index is 0.841. The lowest BCUT2D eigenvalue weighted by Gasteiger charge is -2.03. The maximum absolute atomic E-state index is 5.83. The molecule has 0 saturated heterocycles. The van der Waals surface area contributed by atoms with Gasteiger partial charge >= 0.3 is 0 Å². The second kappa shape index (κ2) is 5.20. The van der Waals surface area contributed by atoms with E-state index in [1.165, 1.54) is 11.1 Å². The second-order valence-electron chi connectivity index (χ2n) is 2.71. The van der Waals surface area contributed by atoms with Crippen LogP contribution in [0.2, 0.25) is 0 Å². The first-order valence-corrected chi connectivity index (χ1v) is 5.40. The van der Waals surface area contributed by atoms with E-state index in [1.54, 1.807) is 11.8 Å². The summed E-state index contributed by atoms with van der Waals surface area (Å²) < 4.78 is 0. The topological polar surface area (TPSA) is 26.0 Å². The van der Waals surface area contributed by atoms with E-state index >= 15 is 0 Å². The summed E-state index contributed by atoms with van der Waals surface area (Å²) in [7, 11) is 0. The van der Waals surface area contributed by atoms with Gasteiger partial charge in [0.1, 0.15) is 0 Å². The van der Waals surface area contributed by atoms with Crippen LogP contribution >= 0.6 is 23.4 Å². The zero-order valence-corrected chi connectivity index (χ0v) is 9.03. The van der Waals surface area contributed by atoms with Gasteiger partial charge in [0, 0.05) is 21.9 Å². The summed E-state index contributed by atoms with van der Waals surface area (Å²) in [5.74, 6) is 0.858. The van der Waals surface area contributed by atoms with Gasteiger partial charge in [-0.15, -0.1) is 11.8 Å². The summed E-state index contributed by atoms with van der Waals surface area (Å²) in [6, 6.07) is 6.08. The van der Waals surface area contributed by atoms with Crippen LogP contribution in [0, 0.1) is 6.92 Å². The van der Waals surface area contributed by atoms with Crippen molar-refractivity contribution in [1.29, 1.82) is 0 Å². The number of aryl methyl sites for hydroxylation is 1. The van der Waals surface area contributed by atoms with Crippen molar-refractivity contribution in [2.24, 2.45) is 0 Å². The summed E-state index contributed by atoms with van der Waals surface area (Å²) >= 11 is 7.09. The zero-order valence-electron chi connectivity index (χ0n) is 7.46. The number of hydrogen-bond donors (Lipinski definition) is 1. The van der Waals surface area contributed by atoms with E-state index in [0.29, 0.717) is 0 Å². The Morgan fingerprint density at radius 2 is 2.31 bits per heavy atom. The van der Waals surface area contributed by atoms with Crippen LogP contribution in [0.3, 0.4) is 0 Å². The summed E-state index contributed by atoms with van der Waals surface area (Å²) in [5.41, 5.74) is 9.38. The van der Waals surface area contributed by atoms with Crippen molar-refractivity contribution in [3.05, 3.63) is 35.4 Å². The van der Waals surface area contributed by atoms with Crippen molar-refractivity contribution in [2.75, 3.05) is 11.5 Å². The minimum Gasteiger partial charge on any atom is -0.398 e. The van der Waals surface area contributed by atoms with Crippen molar-refractivity contribution in [3.63, 3.8) is 0 Å². The number of hydrogen-bond acceptors (Lipinski definition) is 2. The van der Waals surface area contributed by atoms with Gasteiger partial charge in [0.25, 0.3) is 0 Å². The summed E-state index contributed by atoms with van der Waals surface area (Å²) in [5, 5.41) is 0. The fourth-order valence-electron chi connectivity index (χ4n) is 0.974. The maximum atomic E-state index is 5.83. The first kappa shape index (κ1) is 10.5. The van der Waals surface area contributed by atoms with Crippen LogP contribution in [0.25, 0.3) is 0 Å². The molecule has 0 aliphatic heterocycles. The average Bonchev–Trinajstić information content (AvgIpc) is 2.09.